The first-order valence-electron chi connectivity index (χ1n) is 10.7. The summed E-state index contributed by atoms with van der Waals surface area (Å²) in [5.74, 6) is 0.428. The summed E-state index contributed by atoms with van der Waals surface area (Å²) in [4.78, 5) is 35.0. The first kappa shape index (κ1) is 20.1. The van der Waals surface area contributed by atoms with Crippen molar-refractivity contribution in [3.8, 4) is 10.6 Å². The molecular weight excluding hydrogens is 382 g/mol. The smallest absolute Gasteiger partial charge is 0.265 e. The van der Waals surface area contributed by atoms with Crippen LogP contribution in [0.25, 0.3) is 10.6 Å². The molecule has 2 fully saturated rings. The molecule has 6 heteroatoms. The van der Waals surface area contributed by atoms with Gasteiger partial charge in [-0.3, -0.25) is 9.59 Å². The Hall–Kier alpha value is -2.21. The Bertz CT molecular complexity index is 876. The Balaban J connectivity index is 1.41. The molecule has 2 aliphatic rings. The van der Waals surface area contributed by atoms with Crippen LogP contribution in [0.3, 0.4) is 0 Å². The average Bonchev–Trinajstić information content (AvgIpc) is 3.43. The fraction of sp³-hybridized carbons (Fsp3) is 0.522. The quantitative estimate of drug-likeness (QED) is 0.759. The molecule has 29 heavy (non-hydrogen) atoms. The molecule has 0 saturated carbocycles. The van der Waals surface area contributed by atoms with Crippen molar-refractivity contribution in [1.82, 2.24) is 14.8 Å². The molecule has 0 aliphatic carbocycles. The highest BCUT2D eigenvalue weighted by Crippen LogP contribution is 2.30. The molecule has 4 rings (SSSR count). The second-order valence-electron chi connectivity index (χ2n) is 8.08. The van der Waals surface area contributed by atoms with Gasteiger partial charge in [0.2, 0.25) is 5.91 Å². The molecule has 0 N–H and O–H groups in total. The van der Waals surface area contributed by atoms with Gasteiger partial charge >= 0.3 is 0 Å². The summed E-state index contributed by atoms with van der Waals surface area (Å²) in [6, 6.07) is 8.41. The lowest BCUT2D eigenvalue weighted by molar-refractivity contribution is -0.135. The molecule has 2 aromatic rings. The fourth-order valence-electron chi connectivity index (χ4n) is 4.27. The lowest BCUT2D eigenvalue weighted by Crippen LogP contribution is -2.43. The van der Waals surface area contributed by atoms with Crippen LogP contribution in [0.4, 0.5) is 0 Å². The molecule has 1 aromatic carbocycles. The Morgan fingerprint density at radius 2 is 1.69 bits per heavy atom. The standard InChI is InChI=1S/C23H29N3O2S/c1-3-17-6-8-18(9-7-17)21-24-16(2)20(29-21)23(28)26-14-10-19(11-15-26)22(27)25-12-4-5-13-25/h6-9,19H,3-5,10-15H2,1-2H3. The van der Waals surface area contributed by atoms with E-state index in [1.165, 1.54) is 16.9 Å². The summed E-state index contributed by atoms with van der Waals surface area (Å²) < 4.78 is 0. The van der Waals surface area contributed by atoms with Gasteiger partial charge in [0, 0.05) is 37.7 Å². The number of carbonyl (C=O) groups excluding carboxylic acids is 2. The number of aryl methyl sites for hydroxylation is 2. The Morgan fingerprint density at radius 3 is 2.31 bits per heavy atom. The molecule has 2 saturated heterocycles. The van der Waals surface area contributed by atoms with E-state index in [-0.39, 0.29) is 11.8 Å². The van der Waals surface area contributed by atoms with Gasteiger partial charge in [0.15, 0.2) is 0 Å². The molecule has 2 amide bonds. The number of hydrogen-bond acceptors (Lipinski definition) is 4. The van der Waals surface area contributed by atoms with Crippen LogP contribution < -0.4 is 0 Å². The van der Waals surface area contributed by atoms with Crippen molar-refractivity contribution < 1.29 is 9.59 Å². The van der Waals surface area contributed by atoms with E-state index in [0.29, 0.717) is 19.0 Å². The number of aromatic nitrogens is 1. The summed E-state index contributed by atoms with van der Waals surface area (Å²) in [6.07, 6.45) is 4.79. The van der Waals surface area contributed by atoms with Crippen LogP contribution in [0.15, 0.2) is 24.3 Å². The molecule has 1 aromatic heterocycles. The van der Waals surface area contributed by atoms with Gasteiger partial charge in [-0.2, -0.15) is 0 Å². The third-order valence-corrected chi connectivity index (χ3v) is 7.34. The van der Waals surface area contributed by atoms with Crippen molar-refractivity contribution in [2.45, 2.75) is 46.0 Å². The van der Waals surface area contributed by atoms with Gasteiger partial charge in [-0.1, -0.05) is 31.2 Å². The van der Waals surface area contributed by atoms with Gasteiger partial charge in [-0.25, -0.2) is 4.98 Å². The van der Waals surface area contributed by atoms with Crippen LogP contribution in [0.1, 0.15) is 53.5 Å². The SMILES string of the molecule is CCc1ccc(-c2nc(C)c(C(=O)N3CCC(C(=O)N4CCCC4)CC3)s2)cc1. The summed E-state index contributed by atoms with van der Waals surface area (Å²) in [6.45, 7) is 7.17. The van der Waals surface area contributed by atoms with Crippen molar-refractivity contribution in [3.63, 3.8) is 0 Å². The summed E-state index contributed by atoms with van der Waals surface area (Å²) in [5.41, 5.74) is 3.15. The van der Waals surface area contributed by atoms with Gasteiger partial charge in [0.1, 0.15) is 9.88 Å². The zero-order valence-corrected chi connectivity index (χ0v) is 18.1. The summed E-state index contributed by atoms with van der Waals surface area (Å²) in [7, 11) is 0. The highest BCUT2D eigenvalue weighted by atomic mass is 32.1. The normalized spacial score (nSPS) is 17.7. The maximum atomic E-state index is 13.1. The van der Waals surface area contributed by atoms with Crippen molar-refractivity contribution in [2.75, 3.05) is 26.2 Å². The van der Waals surface area contributed by atoms with Crippen molar-refractivity contribution in [3.05, 3.63) is 40.4 Å². The van der Waals surface area contributed by atoms with Gasteiger partial charge in [0.05, 0.1) is 5.69 Å². The Kier molecular flexibility index (Phi) is 5.99. The van der Waals surface area contributed by atoms with E-state index in [2.05, 4.69) is 36.2 Å². The van der Waals surface area contributed by atoms with Crippen LogP contribution in [-0.4, -0.2) is 52.8 Å². The zero-order valence-electron chi connectivity index (χ0n) is 17.3. The molecule has 154 valence electrons. The number of likely N-dealkylation sites (tertiary alicyclic amines) is 2. The maximum absolute atomic E-state index is 13.1. The monoisotopic (exact) mass is 411 g/mol. The minimum Gasteiger partial charge on any atom is -0.342 e. The second-order valence-corrected chi connectivity index (χ2v) is 9.08. The second kappa shape index (κ2) is 8.66. The number of carbonyl (C=O) groups is 2. The minimum absolute atomic E-state index is 0.0588. The van der Waals surface area contributed by atoms with E-state index in [0.717, 1.165) is 66.3 Å². The first-order valence-corrected chi connectivity index (χ1v) is 11.5. The first-order chi connectivity index (χ1) is 14.1. The predicted molar refractivity (Wildman–Crippen MR) is 116 cm³/mol. The molecule has 0 unspecified atom stereocenters. The van der Waals surface area contributed by atoms with E-state index in [1.54, 1.807) is 0 Å². The van der Waals surface area contributed by atoms with Gasteiger partial charge in [-0.15, -0.1) is 11.3 Å². The lowest BCUT2D eigenvalue weighted by atomic mass is 9.95. The minimum atomic E-state index is 0.0588. The number of rotatable bonds is 4. The van der Waals surface area contributed by atoms with E-state index in [4.69, 9.17) is 0 Å². The number of hydrogen-bond donors (Lipinski definition) is 0. The van der Waals surface area contributed by atoms with Gasteiger partial charge in [0.25, 0.3) is 5.91 Å². The summed E-state index contributed by atoms with van der Waals surface area (Å²) >= 11 is 1.48. The number of benzene rings is 1. The van der Waals surface area contributed by atoms with Crippen LogP contribution >= 0.6 is 11.3 Å². The van der Waals surface area contributed by atoms with Crippen LogP contribution in [0.2, 0.25) is 0 Å². The maximum Gasteiger partial charge on any atom is 0.265 e. The van der Waals surface area contributed by atoms with E-state index in [1.807, 2.05) is 16.7 Å². The number of nitrogens with zero attached hydrogens (tertiary/aromatic N) is 3. The number of thiazole rings is 1. The summed E-state index contributed by atoms with van der Waals surface area (Å²) in [5, 5.41) is 0.896. The molecule has 0 bridgehead atoms. The highest BCUT2D eigenvalue weighted by molar-refractivity contribution is 7.17. The van der Waals surface area contributed by atoms with Crippen LogP contribution in [0, 0.1) is 12.8 Å². The van der Waals surface area contributed by atoms with Gasteiger partial charge in [-0.05, 0) is 44.6 Å². The van der Waals surface area contributed by atoms with Crippen molar-refractivity contribution in [1.29, 1.82) is 0 Å². The number of piperidine rings is 1. The van der Waals surface area contributed by atoms with Crippen molar-refractivity contribution >= 4 is 23.2 Å². The molecule has 0 atom stereocenters. The van der Waals surface area contributed by atoms with E-state index in [9.17, 15) is 9.59 Å². The van der Waals surface area contributed by atoms with Crippen LogP contribution in [0.5, 0.6) is 0 Å². The largest absolute Gasteiger partial charge is 0.342 e. The average molecular weight is 412 g/mol. The third-order valence-electron chi connectivity index (χ3n) is 6.15. The fourth-order valence-corrected chi connectivity index (χ4v) is 5.31. The number of amides is 2. The highest BCUT2D eigenvalue weighted by Gasteiger charge is 2.32. The molecule has 2 aliphatic heterocycles. The van der Waals surface area contributed by atoms with Gasteiger partial charge < -0.3 is 9.80 Å². The molecule has 3 heterocycles. The van der Waals surface area contributed by atoms with E-state index >= 15 is 0 Å². The predicted octanol–water partition coefficient (Wildman–Crippen LogP) is 4.16. The topological polar surface area (TPSA) is 53.5 Å². The molecule has 0 spiro atoms. The van der Waals surface area contributed by atoms with Crippen molar-refractivity contribution in [2.24, 2.45) is 5.92 Å². The third kappa shape index (κ3) is 4.22. The Labute approximate surface area is 176 Å². The lowest BCUT2D eigenvalue weighted by Gasteiger charge is -2.33. The zero-order chi connectivity index (χ0) is 20.4. The van der Waals surface area contributed by atoms with Crippen LogP contribution in [-0.2, 0) is 11.2 Å². The molecule has 0 radical (unpaired) electrons. The molecule has 5 nitrogen and oxygen atoms in total. The molecular formula is C23H29N3O2S. The van der Waals surface area contributed by atoms with E-state index < -0.39 is 0 Å². The Morgan fingerprint density at radius 1 is 1.03 bits per heavy atom.